The summed E-state index contributed by atoms with van der Waals surface area (Å²) in [5, 5.41) is 18.4. The van der Waals surface area contributed by atoms with Crippen LogP contribution in [0.2, 0.25) is 0 Å². The molecule has 0 aromatic heterocycles. The number of halogens is 1. The fraction of sp³-hybridized carbons (Fsp3) is 0.125. The minimum atomic E-state index is -1.37. The molecule has 1 aromatic carbocycles. The van der Waals surface area contributed by atoms with Gasteiger partial charge in [0.15, 0.2) is 0 Å². The molecular formula is C8H8ClNO5. The van der Waals surface area contributed by atoms with E-state index < -0.39 is 11.1 Å². The predicted octanol–water partition coefficient (Wildman–Crippen LogP) is 2.21. The van der Waals surface area contributed by atoms with Crippen LogP contribution < -0.4 is 0 Å². The molecule has 6 nitrogen and oxygen atoms in total. The Kier molecular flexibility index (Phi) is 5.11. The minimum Gasteiger partial charge on any atom is -0.450 e. The van der Waals surface area contributed by atoms with E-state index >= 15 is 0 Å². The second-order valence-corrected chi connectivity index (χ2v) is 2.48. The minimum absolute atomic E-state index is 0. The summed E-state index contributed by atoms with van der Waals surface area (Å²) in [6.45, 7) is -0.104. The lowest BCUT2D eigenvalue weighted by molar-refractivity contribution is -0.384. The predicted molar refractivity (Wildman–Crippen MR) is 53.2 cm³/mol. The quantitative estimate of drug-likeness (QED) is 0.491. The van der Waals surface area contributed by atoms with Crippen LogP contribution in [-0.2, 0) is 11.3 Å². The van der Waals surface area contributed by atoms with E-state index in [1.165, 1.54) is 24.3 Å². The van der Waals surface area contributed by atoms with E-state index in [1.54, 1.807) is 0 Å². The summed E-state index contributed by atoms with van der Waals surface area (Å²) in [6.07, 6.45) is -1.37. The van der Waals surface area contributed by atoms with Crippen molar-refractivity contribution in [1.82, 2.24) is 0 Å². The molecule has 0 fully saturated rings. The van der Waals surface area contributed by atoms with Crippen molar-refractivity contribution in [1.29, 1.82) is 0 Å². The molecule has 7 heteroatoms. The van der Waals surface area contributed by atoms with Gasteiger partial charge in [-0.05, 0) is 17.7 Å². The Labute approximate surface area is 91.0 Å². The maximum absolute atomic E-state index is 10.3. The Morgan fingerprint density at radius 1 is 1.40 bits per heavy atom. The van der Waals surface area contributed by atoms with Crippen LogP contribution in [0.5, 0.6) is 0 Å². The molecule has 0 saturated carbocycles. The zero-order chi connectivity index (χ0) is 10.6. The summed E-state index contributed by atoms with van der Waals surface area (Å²) in [5.41, 5.74) is 0.530. The summed E-state index contributed by atoms with van der Waals surface area (Å²) in [7, 11) is 0. The van der Waals surface area contributed by atoms with Crippen molar-refractivity contribution in [2.45, 2.75) is 6.61 Å². The van der Waals surface area contributed by atoms with E-state index in [2.05, 4.69) is 4.74 Å². The second-order valence-electron chi connectivity index (χ2n) is 2.48. The molecule has 0 bridgehead atoms. The van der Waals surface area contributed by atoms with Crippen LogP contribution in [0, 0.1) is 10.1 Å². The Morgan fingerprint density at radius 2 is 1.93 bits per heavy atom. The van der Waals surface area contributed by atoms with Gasteiger partial charge in [0.2, 0.25) is 0 Å². The fourth-order valence-electron chi connectivity index (χ4n) is 0.859. The molecule has 0 saturated heterocycles. The zero-order valence-corrected chi connectivity index (χ0v) is 8.27. The molecule has 1 rings (SSSR count). The lowest BCUT2D eigenvalue weighted by Crippen LogP contribution is -2.00. The number of hydrogen-bond acceptors (Lipinski definition) is 4. The summed E-state index contributed by atoms with van der Waals surface area (Å²) in [4.78, 5) is 19.7. The number of nitro benzene ring substituents is 1. The Bertz CT molecular complexity index is 351. The van der Waals surface area contributed by atoms with Gasteiger partial charge in [0, 0.05) is 12.1 Å². The smallest absolute Gasteiger partial charge is 0.450 e. The van der Waals surface area contributed by atoms with E-state index in [4.69, 9.17) is 5.11 Å². The van der Waals surface area contributed by atoms with Crippen molar-refractivity contribution in [3.63, 3.8) is 0 Å². The average molecular weight is 234 g/mol. The first kappa shape index (κ1) is 13.2. The van der Waals surface area contributed by atoms with Crippen molar-refractivity contribution in [3.05, 3.63) is 39.9 Å². The molecular weight excluding hydrogens is 226 g/mol. The number of carbonyl (C=O) groups is 1. The Balaban J connectivity index is 0.00000196. The number of rotatable bonds is 3. The van der Waals surface area contributed by atoms with Gasteiger partial charge in [0.25, 0.3) is 5.69 Å². The highest BCUT2D eigenvalue weighted by molar-refractivity contribution is 5.85. The van der Waals surface area contributed by atoms with E-state index in [0.717, 1.165) is 0 Å². The number of nitrogens with zero attached hydrogens (tertiary/aromatic N) is 1. The molecule has 0 aliphatic rings. The van der Waals surface area contributed by atoms with Gasteiger partial charge >= 0.3 is 6.16 Å². The number of hydrogen-bond donors (Lipinski definition) is 1. The van der Waals surface area contributed by atoms with Crippen LogP contribution in [0.3, 0.4) is 0 Å². The normalized spacial score (nSPS) is 8.80. The maximum Gasteiger partial charge on any atom is 0.506 e. The van der Waals surface area contributed by atoms with E-state index in [1.807, 2.05) is 0 Å². The molecule has 0 aliphatic heterocycles. The van der Waals surface area contributed by atoms with Crippen LogP contribution in [-0.4, -0.2) is 16.2 Å². The Morgan fingerprint density at radius 3 is 2.33 bits per heavy atom. The number of carboxylic acid groups (broad SMARTS) is 1. The zero-order valence-electron chi connectivity index (χ0n) is 7.45. The number of nitro groups is 1. The monoisotopic (exact) mass is 233 g/mol. The van der Waals surface area contributed by atoms with Gasteiger partial charge in [-0.3, -0.25) is 10.1 Å². The molecule has 15 heavy (non-hydrogen) atoms. The third-order valence-corrected chi connectivity index (χ3v) is 1.51. The van der Waals surface area contributed by atoms with E-state index in [9.17, 15) is 14.9 Å². The number of ether oxygens (including phenoxy) is 1. The highest BCUT2D eigenvalue weighted by Gasteiger charge is 2.04. The van der Waals surface area contributed by atoms with Gasteiger partial charge in [-0.25, -0.2) is 4.79 Å². The second kappa shape index (κ2) is 5.82. The van der Waals surface area contributed by atoms with Crippen LogP contribution in [0.1, 0.15) is 5.56 Å². The van der Waals surface area contributed by atoms with Crippen molar-refractivity contribution in [2.75, 3.05) is 0 Å². The van der Waals surface area contributed by atoms with Crippen molar-refractivity contribution in [2.24, 2.45) is 0 Å². The molecule has 0 atom stereocenters. The van der Waals surface area contributed by atoms with Crippen molar-refractivity contribution >= 4 is 24.2 Å². The molecule has 0 amide bonds. The van der Waals surface area contributed by atoms with E-state index in [-0.39, 0.29) is 24.7 Å². The van der Waals surface area contributed by atoms with Gasteiger partial charge in [0.05, 0.1) is 4.92 Å². The highest BCUT2D eigenvalue weighted by atomic mass is 35.5. The summed E-state index contributed by atoms with van der Waals surface area (Å²) in [6, 6.07) is 5.48. The first-order valence-corrected chi connectivity index (χ1v) is 3.68. The first-order valence-electron chi connectivity index (χ1n) is 3.68. The third-order valence-electron chi connectivity index (χ3n) is 1.51. The summed E-state index contributed by atoms with van der Waals surface area (Å²) in [5.74, 6) is 0. The van der Waals surface area contributed by atoms with Gasteiger partial charge in [-0.2, -0.15) is 0 Å². The van der Waals surface area contributed by atoms with Crippen molar-refractivity contribution in [3.8, 4) is 0 Å². The molecule has 82 valence electrons. The van der Waals surface area contributed by atoms with Crippen LogP contribution in [0.4, 0.5) is 10.5 Å². The standard InChI is InChI=1S/C8H7NO5.ClH/c10-8(11)14-5-6-1-3-7(4-2-6)9(12)13;/h1-4H,5H2,(H,10,11);1H. The number of benzene rings is 1. The van der Waals surface area contributed by atoms with Crippen molar-refractivity contribution < 1.29 is 19.6 Å². The largest absolute Gasteiger partial charge is 0.506 e. The number of non-ortho nitro benzene ring substituents is 1. The summed E-state index contributed by atoms with van der Waals surface area (Å²) < 4.78 is 4.28. The highest BCUT2D eigenvalue weighted by Crippen LogP contribution is 2.12. The van der Waals surface area contributed by atoms with Crippen LogP contribution >= 0.6 is 12.4 Å². The van der Waals surface area contributed by atoms with Crippen LogP contribution in [0.15, 0.2) is 24.3 Å². The lowest BCUT2D eigenvalue weighted by Gasteiger charge is -1.99. The molecule has 0 spiro atoms. The maximum atomic E-state index is 10.3. The van der Waals surface area contributed by atoms with Crippen LogP contribution in [0.25, 0.3) is 0 Å². The van der Waals surface area contributed by atoms with Gasteiger partial charge < -0.3 is 9.84 Å². The lowest BCUT2D eigenvalue weighted by atomic mass is 10.2. The Hall–Kier alpha value is -1.82. The van der Waals surface area contributed by atoms with Gasteiger partial charge in [-0.1, -0.05) is 0 Å². The molecule has 0 radical (unpaired) electrons. The summed E-state index contributed by atoms with van der Waals surface area (Å²) >= 11 is 0. The molecule has 0 unspecified atom stereocenters. The first-order chi connectivity index (χ1) is 6.59. The van der Waals surface area contributed by atoms with Gasteiger partial charge in [-0.15, -0.1) is 12.4 Å². The molecule has 1 aromatic rings. The van der Waals surface area contributed by atoms with E-state index in [0.29, 0.717) is 5.56 Å². The SMILES string of the molecule is Cl.O=C(O)OCc1ccc([N+](=O)[O-])cc1. The third kappa shape index (κ3) is 4.28. The molecule has 1 N–H and O–H groups in total. The average Bonchev–Trinajstić information content (AvgIpc) is 2.15. The topological polar surface area (TPSA) is 89.7 Å². The molecule has 0 aliphatic carbocycles. The molecule has 0 heterocycles. The van der Waals surface area contributed by atoms with Gasteiger partial charge in [0.1, 0.15) is 6.61 Å². The fourth-order valence-corrected chi connectivity index (χ4v) is 0.859.